The average molecular weight is 257 g/mol. The topological polar surface area (TPSA) is 33.3 Å². The van der Waals surface area contributed by atoms with Gasteiger partial charge in [-0.3, -0.25) is 0 Å². The Hall–Kier alpha value is -0.610. The van der Waals surface area contributed by atoms with Gasteiger partial charge in [-0.1, -0.05) is 29.8 Å². The molecule has 0 atom stereocenters. The largest absolute Gasteiger partial charge is 0.383 e. The molecule has 0 spiro atoms. The van der Waals surface area contributed by atoms with Gasteiger partial charge < -0.3 is 15.4 Å². The van der Waals surface area contributed by atoms with Gasteiger partial charge >= 0.3 is 0 Å². The second kappa shape index (κ2) is 8.48. The van der Waals surface area contributed by atoms with Crippen molar-refractivity contribution in [1.82, 2.24) is 10.6 Å². The Bertz CT molecular complexity index is 331. The Labute approximate surface area is 109 Å². The monoisotopic (exact) mass is 256 g/mol. The van der Waals surface area contributed by atoms with Crippen molar-refractivity contribution in [2.75, 3.05) is 33.4 Å². The highest BCUT2D eigenvalue weighted by Gasteiger charge is 2.01. The Balaban J connectivity index is 2.16. The first-order valence-electron chi connectivity index (χ1n) is 5.90. The molecule has 2 N–H and O–H groups in total. The molecule has 0 heterocycles. The summed E-state index contributed by atoms with van der Waals surface area (Å²) in [5, 5.41) is 7.50. The number of ether oxygens (including phenoxy) is 1. The highest BCUT2D eigenvalue weighted by Crippen LogP contribution is 2.19. The fourth-order valence-corrected chi connectivity index (χ4v) is 1.74. The third kappa shape index (κ3) is 5.50. The average Bonchev–Trinajstić information content (AvgIpc) is 2.33. The number of benzene rings is 1. The molecule has 17 heavy (non-hydrogen) atoms. The molecule has 0 aliphatic carbocycles. The summed E-state index contributed by atoms with van der Waals surface area (Å²) >= 11 is 6.20. The zero-order chi connectivity index (χ0) is 12.5. The van der Waals surface area contributed by atoms with E-state index in [1.54, 1.807) is 7.11 Å². The maximum absolute atomic E-state index is 6.20. The van der Waals surface area contributed by atoms with Crippen LogP contribution in [0.25, 0.3) is 0 Å². The summed E-state index contributed by atoms with van der Waals surface area (Å²) in [6.45, 7) is 6.35. The van der Waals surface area contributed by atoms with Crippen molar-refractivity contribution in [2.45, 2.75) is 13.5 Å². The molecule has 0 saturated heterocycles. The van der Waals surface area contributed by atoms with Crippen LogP contribution in [0.3, 0.4) is 0 Å². The highest BCUT2D eigenvalue weighted by molar-refractivity contribution is 6.32. The number of nitrogens with one attached hydrogen (secondary N) is 2. The Morgan fingerprint density at radius 2 is 1.94 bits per heavy atom. The second-order valence-corrected chi connectivity index (χ2v) is 4.35. The minimum atomic E-state index is 0.754. The minimum absolute atomic E-state index is 0.754. The van der Waals surface area contributed by atoms with Gasteiger partial charge in [-0.05, 0) is 18.1 Å². The molecule has 3 nitrogen and oxygen atoms in total. The van der Waals surface area contributed by atoms with Crippen molar-refractivity contribution in [3.8, 4) is 0 Å². The summed E-state index contributed by atoms with van der Waals surface area (Å²) in [7, 11) is 1.71. The van der Waals surface area contributed by atoms with E-state index in [0.717, 1.165) is 48.9 Å². The first kappa shape index (κ1) is 14.5. The lowest BCUT2D eigenvalue weighted by Gasteiger charge is -2.09. The van der Waals surface area contributed by atoms with E-state index in [1.807, 2.05) is 19.1 Å². The van der Waals surface area contributed by atoms with Crippen LogP contribution >= 0.6 is 11.6 Å². The second-order valence-electron chi connectivity index (χ2n) is 3.97. The van der Waals surface area contributed by atoms with Crippen LogP contribution in [0, 0.1) is 6.92 Å². The van der Waals surface area contributed by atoms with E-state index >= 15 is 0 Å². The molecule has 1 aromatic carbocycles. The zero-order valence-corrected chi connectivity index (χ0v) is 11.3. The maximum Gasteiger partial charge on any atom is 0.0587 e. The van der Waals surface area contributed by atoms with Crippen LogP contribution in [0.4, 0.5) is 0 Å². The normalized spacial score (nSPS) is 10.8. The maximum atomic E-state index is 6.20. The molecule has 0 aliphatic heterocycles. The fraction of sp³-hybridized carbons (Fsp3) is 0.538. The zero-order valence-electron chi connectivity index (χ0n) is 10.6. The standard InChI is InChI=1S/C13H21ClN2O/c1-11-4-3-5-12(13(11)14)10-16-7-6-15-8-9-17-2/h3-5,15-16H,6-10H2,1-2H3. The van der Waals surface area contributed by atoms with E-state index in [-0.39, 0.29) is 0 Å². The Morgan fingerprint density at radius 3 is 2.71 bits per heavy atom. The van der Waals surface area contributed by atoms with Gasteiger partial charge in [-0.25, -0.2) is 0 Å². The molecule has 0 bridgehead atoms. The number of hydrogen-bond acceptors (Lipinski definition) is 3. The predicted octanol–water partition coefficient (Wildman–Crippen LogP) is 1.97. The third-order valence-electron chi connectivity index (χ3n) is 2.55. The van der Waals surface area contributed by atoms with Gasteiger partial charge in [0.15, 0.2) is 0 Å². The van der Waals surface area contributed by atoms with E-state index < -0.39 is 0 Å². The van der Waals surface area contributed by atoms with Gasteiger partial charge in [-0.15, -0.1) is 0 Å². The Kier molecular flexibility index (Phi) is 7.21. The smallest absolute Gasteiger partial charge is 0.0587 e. The molecule has 0 fully saturated rings. The summed E-state index contributed by atoms with van der Waals surface area (Å²) in [5.41, 5.74) is 2.28. The molecule has 0 unspecified atom stereocenters. The van der Waals surface area contributed by atoms with Crippen molar-refractivity contribution < 1.29 is 4.74 Å². The fourth-order valence-electron chi connectivity index (χ4n) is 1.54. The molecular weight excluding hydrogens is 236 g/mol. The summed E-state index contributed by atoms with van der Waals surface area (Å²) in [4.78, 5) is 0. The van der Waals surface area contributed by atoms with Crippen molar-refractivity contribution in [3.63, 3.8) is 0 Å². The number of halogens is 1. The van der Waals surface area contributed by atoms with Crippen LogP contribution in [0.1, 0.15) is 11.1 Å². The third-order valence-corrected chi connectivity index (χ3v) is 3.09. The van der Waals surface area contributed by atoms with Crippen LogP contribution in [0.2, 0.25) is 5.02 Å². The highest BCUT2D eigenvalue weighted by atomic mass is 35.5. The molecule has 0 amide bonds. The lowest BCUT2D eigenvalue weighted by Crippen LogP contribution is -2.29. The van der Waals surface area contributed by atoms with Crippen molar-refractivity contribution >= 4 is 11.6 Å². The van der Waals surface area contributed by atoms with E-state index in [4.69, 9.17) is 16.3 Å². The lowest BCUT2D eigenvalue weighted by atomic mass is 10.1. The van der Waals surface area contributed by atoms with Gasteiger partial charge in [0.1, 0.15) is 0 Å². The van der Waals surface area contributed by atoms with Crippen molar-refractivity contribution in [1.29, 1.82) is 0 Å². The van der Waals surface area contributed by atoms with Gasteiger partial charge in [0.05, 0.1) is 6.61 Å². The number of rotatable bonds is 8. The van der Waals surface area contributed by atoms with E-state index in [2.05, 4.69) is 16.7 Å². The van der Waals surface area contributed by atoms with Crippen LogP contribution in [-0.2, 0) is 11.3 Å². The molecule has 96 valence electrons. The van der Waals surface area contributed by atoms with Gasteiger partial charge in [0.25, 0.3) is 0 Å². The predicted molar refractivity (Wildman–Crippen MR) is 72.6 cm³/mol. The molecule has 0 aliphatic rings. The molecule has 4 heteroatoms. The SMILES string of the molecule is COCCNCCNCc1cccc(C)c1Cl. The summed E-state index contributed by atoms with van der Waals surface area (Å²) in [5.74, 6) is 0. The number of aryl methyl sites for hydroxylation is 1. The van der Waals surface area contributed by atoms with Gasteiger partial charge in [0, 0.05) is 38.3 Å². The van der Waals surface area contributed by atoms with Crippen LogP contribution in [0.5, 0.6) is 0 Å². The summed E-state index contributed by atoms with van der Waals surface area (Å²) in [6.07, 6.45) is 0. The molecule has 0 radical (unpaired) electrons. The molecule has 0 saturated carbocycles. The number of hydrogen-bond donors (Lipinski definition) is 2. The van der Waals surface area contributed by atoms with Gasteiger partial charge in [-0.2, -0.15) is 0 Å². The molecule has 1 rings (SSSR count). The molecular formula is C13H21ClN2O. The van der Waals surface area contributed by atoms with Crippen molar-refractivity contribution in [2.24, 2.45) is 0 Å². The van der Waals surface area contributed by atoms with Crippen LogP contribution in [-0.4, -0.2) is 33.4 Å². The summed E-state index contributed by atoms with van der Waals surface area (Å²) in [6, 6.07) is 6.12. The van der Waals surface area contributed by atoms with Crippen molar-refractivity contribution in [3.05, 3.63) is 34.3 Å². The first-order valence-corrected chi connectivity index (χ1v) is 6.28. The van der Waals surface area contributed by atoms with E-state index in [9.17, 15) is 0 Å². The number of methoxy groups -OCH3 is 1. The molecule has 1 aromatic rings. The van der Waals surface area contributed by atoms with Crippen LogP contribution in [0.15, 0.2) is 18.2 Å². The van der Waals surface area contributed by atoms with Crippen LogP contribution < -0.4 is 10.6 Å². The Morgan fingerprint density at radius 1 is 1.18 bits per heavy atom. The van der Waals surface area contributed by atoms with E-state index in [0.29, 0.717) is 0 Å². The minimum Gasteiger partial charge on any atom is -0.383 e. The first-order chi connectivity index (χ1) is 8.25. The van der Waals surface area contributed by atoms with Gasteiger partial charge in [0.2, 0.25) is 0 Å². The molecule has 0 aromatic heterocycles. The summed E-state index contributed by atoms with van der Waals surface area (Å²) < 4.78 is 4.95. The quantitative estimate of drug-likeness (QED) is 0.698. The van der Waals surface area contributed by atoms with E-state index in [1.165, 1.54) is 0 Å². The lowest BCUT2D eigenvalue weighted by molar-refractivity contribution is 0.199.